The Labute approximate surface area is 136 Å². The van der Waals surface area contributed by atoms with Crippen LogP contribution in [0.25, 0.3) is 11.5 Å². The molecule has 124 valence electrons. The third-order valence-corrected chi connectivity index (χ3v) is 4.28. The van der Waals surface area contributed by atoms with E-state index in [-0.39, 0.29) is 12.2 Å². The van der Waals surface area contributed by atoms with Gasteiger partial charge in [0.15, 0.2) is 0 Å². The van der Waals surface area contributed by atoms with Crippen molar-refractivity contribution in [3.8, 4) is 17.2 Å². The Kier molecular flexibility index (Phi) is 4.98. The van der Waals surface area contributed by atoms with Gasteiger partial charge in [0.25, 0.3) is 0 Å². The van der Waals surface area contributed by atoms with Crippen molar-refractivity contribution in [1.29, 1.82) is 0 Å². The fourth-order valence-corrected chi connectivity index (χ4v) is 2.89. The summed E-state index contributed by atoms with van der Waals surface area (Å²) in [6.45, 7) is 2.32. The fourth-order valence-electron chi connectivity index (χ4n) is 2.89. The van der Waals surface area contributed by atoms with E-state index in [0.717, 1.165) is 42.0 Å². The van der Waals surface area contributed by atoms with Crippen molar-refractivity contribution in [3.05, 3.63) is 35.7 Å². The summed E-state index contributed by atoms with van der Waals surface area (Å²) >= 11 is 0. The van der Waals surface area contributed by atoms with Crippen molar-refractivity contribution in [2.24, 2.45) is 0 Å². The zero-order chi connectivity index (χ0) is 16.2. The molecule has 1 saturated carbocycles. The van der Waals surface area contributed by atoms with Crippen LogP contribution >= 0.6 is 0 Å². The smallest absolute Gasteiger partial charge is 0.226 e. The highest BCUT2D eigenvalue weighted by molar-refractivity contribution is 5.55. The average Bonchev–Trinajstić information content (AvgIpc) is 2.94. The lowest BCUT2D eigenvalue weighted by molar-refractivity contribution is -0.0240. The molecule has 1 fully saturated rings. The summed E-state index contributed by atoms with van der Waals surface area (Å²) in [4.78, 5) is 4.54. The Balaban J connectivity index is 1.65. The summed E-state index contributed by atoms with van der Waals surface area (Å²) in [5.74, 6) is 2.16. The topological polar surface area (TPSA) is 64.7 Å². The van der Waals surface area contributed by atoms with Gasteiger partial charge in [-0.25, -0.2) is 4.98 Å². The number of hydrogen-bond donors (Lipinski definition) is 1. The molecule has 0 amide bonds. The van der Waals surface area contributed by atoms with E-state index in [1.165, 1.54) is 0 Å². The number of nitrogens with zero attached hydrogens (tertiary/aromatic N) is 1. The molecule has 2 aromatic rings. The van der Waals surface area contributed by atoms with E-state index in [0.29, 0.717) is 18.9 Å². The van der Waals surface area contributed by atoms with Crippen molar-refractivity contribution < 1.29 is 19.0 Å². The highest BCUT2D eigenvalue weighted by atomic mass is 16.5. The first kappa shape index (κ1) is 16.0. The van der Waals surface area contributed by atoms with Gasteiger partial charge < -0.3 is 19.0 Å². The van der Waals surface area contributed by atoms with E-state index in [1.807, 2.05) is 31.2 Å². The number of benzene rings is 1. The number of aromatic nitrogens is 1. The molecule has 5 nitrogen and oxygen atoms in total. The predicted molar refractivity (Wildman–Crippen MR) is 86.3 cm³/mol. The van der Waals surface area contributed by atoms with Gasteiger partial charge in [-0.2, -0.15) is 0 Å². The van der Waals surface area contributed by atoms with Crippen molar-refractivity contribution >= 4 is 0 Å². The maximum Gasteiger partial charge on any atom is 0.226 e. The number of oxazole rings is 1. The molecule has 3 rings (SSSR count). The first-order chi connectivity index (χ1) is 11.2. The van der Waals surface area contributed by atoms with Gasteiger partial charge in [-0.15, -0.1) is 0 Å². The summed E-state index contributed by atoms with van der Waals surface area (Å²) in [5.41, 5.74) is 1.73. The third-order valence-electron chi connectivity index (χ3n) is 4.28. The minimum Gasteiger partial charge on any atom is -0.497 e. The molecule has 0 aliphatic heterocycles. The molecule has 1 aliphatic carbocycles. The molecule has 0 bridgehead atoms. The Morgan fingerprint density at radius 1 is 1.26 bits per heavy atom. The summed E-state index contributed by atoms with van der Waals surface area (Å²) in [6, 6.07) is 7.61. The van der Waals surface area contributed by atoms with Crippen LogP contribution in [0.4, 0.5) is 0 Å². The van der Waals surface area contributed by atoms with Crippen molar-refractivity contribution in [2.45, 2.75) is 51.4 Å². The Morgan fingerprint density at radius 2 is 2.04 bits per heavy atom. The molecule has 0 saturated heterocycles. The standard InChI is InChI=1S/C18H23NO4/c1-12-17(11-22-16-5-3-4-14(20)10-16)19-18(23-12)13-6-8-15(21-2)9-7-13/h6-9,14,16,20H,3-5,10-11H2,1-2H3/t14-,16+/m1/s1. The van der Waals surface area contributed by atoms with Crippen LogP contribution < -0.4 is 4.74 Å². The second-order valence-corrected chi connectivity index (χ2v) is 6.00. The van der Waals surface area contributed by atoms with Crippen LogP contribution in [-0.2, 0) is 11.3 Å². The Morgan fingerprint density at radius 3 is 2.74 bits per heavy atom. The van der Waals surface area contributed by atoms with Gasteiger partial charge in [0.05, 0.1) is 25.9 Å². The molecule has 1 aromatic carbocycles. The van der Waals surface area contributed by atoms with Crippen LogP contribution in [0.15, 0.2) is 28.7 Å². The zero-order valence-corrected chi connectivity index (χ0v) is 13.6. The van der Waals surface area contributed by atoms with Crippen molar-refractivity contribution in [3.63, 3.8) is 0 Å². The van der Waals surface area contributed by atoms with Crippen LogP contribution in [0.1, 0.15) is 37.1 Å². The molecule has 23 heavy (non-hydrogen) atoms. The first-order valence-electron chi connectivity index (χ1n) is 8.06. The van der Waals surface area contributed by atoms with Gasteiger partial charge in [-0.05, 0) is 56.9 Å². The monoisotopic (exact) mass is 317 g/mol. The maximum atomic E-state index is 9.70. The predicted octanol–water partition coefficient (Wildman–Crippen LogP) is 3.48. The largest absolute Gasteiger partial charge is 0.497 e. The Bertz CT molecular complexity index is 635. The van der Waals surface area contributed by atoms with Gasteiger partial charge in [0, 0.05) is 5.56 Å². The molecule has 2 atom stereocenters. The SMILES string of the molecule is COc1ccc(-c2nc(CO[C@H]3CCC[C@@H](O)C3)c(C)o2)cc1. The van der Waals surface area contributed by atoms with Crippen LogP contribution in [-0.4, -0.2) is 29.4 Å². The van der Waals surface area contributed by atoms with Gasteiger partial charge >= 0.3 is 0 Å². The second kappa shape index (κ2) is 7.15. The van der Waals surface area contributed by atoms with Gasteiger partial charge in [0.2, 0.25) is 5.89 Å². The van der Waals surface area contributed by atoms with E-state index in [9.17, 15) is 5.11 Å². The van der Waals surface area contributed by atoms with Gasteiger partial charge in [-0.1, -0.05) is 0 Å². The second-order valence-electron chi connectivity index (χ2n) is 6.00. The molecule has 1 aromatic heterocycles. The number of aliphatic hydroxyl groups is 1. The zero-order valence-electron chi connectivity index (χ0n) is 13.6. The molecule has 1 N–H and O–H groups in total. The molecular weight excluding hydrogens is 294 g/mol. The van der Waals surface area contributed by atoms with Crippen molar-refractivity contribution in [2.75, 3.05) is 7.11 Å². The van der Waals surface area contributed by atoms with Crippen LogP contribution in [0.5, 0.6) is 5.75 Å². The molecule has 5 heteroatoms. The average molecular weight is 317 g/mol. The number of methoxy groups -OCH3 is 1. The number of ether oxygens (including phenoxy) is 2. The quantitative estimate of drug-likeness (QED) is 0.914. The third kappa shape index (κ3) is 3.92. The lowest BCUT2D eigenvalue weighted by Crippen LogP contribution is -2.25. The molecule has 1 aliphatic rings. The van der Waals surface area contributed by atoms with Crippen LogP contribution in [0.2, 0.25) is 0 Å². The summed E-state index contributed by atoms with van der Waals surface area (Å²) in [6.07, 6.45) is 3.48. The number of rotatable bonds is 5. The highest BCUT2D eigenvalue weighted by Crippen LogP contribution is 2.26. The fraction of sp³-hybridized carbons (Fsp3) is 0.500. The molecule has 1 heterocycles. The molecule has 0 unspecified atom stereocenters. The van der Waals surface area contributed by atoms with E-state index in [4.69, 9.17) is 13.9 Å². The minimum atomic E-state index is -0.234. The van der Waals surface area contributed by atoms with E-state index in [1.54, 1.807) is 7.11 Å². The van der Waals surface area contributed by atoms with Crippen molar-refractivity contribution in [1.82, 2.24) is 4.98 Å². The van der Waals surface area contributed by atoms with Crippen LogP contribution in [0, 0.1) is 6.92 Å². The maximum absolute atomic E-state index is 9.70. The minimum absolute atomic E-state index is 0.110. The first-order valence-corrected chi connectivity index (χ1v) is 8.06. The van der Waals surface area contributed by atoms with E-state index < -0.39 is 0 Å². The normalized spacial score (nSPS) is 21.3. The summed E-state index contributed by atoms with van der Waals surface area (Å²) < 4.78 is 16.8. The highest BCUT2D eigenvalue weighted by Gasteiger charge is 2.21. The number of aliphatic hydroxyl groups excluding tert-OH is 1. The number of aryl methyl sites for hydroxylation is 1. The summed E-state index contributed by atoms with van der Waals surface area (Å²) in [5, 5.41) is 9.70. The van der Waals surface area contributed by atoms with E-state index >= 15 is 0 Å². The molecule has 0 spiro atoms. The Hall–Kier alpha value is -1.85. The number of hydrogen-bond acceptors (Lipinski definition) is 5. The summed E-state index contributed by atoms with van der Waals surface area (Å²) in [7, 11) is 1.64. The molecular formula is C18H23NO4. The van der Waals surface area contributed by atoms with Gasteiger partial charge in [0.1, 0.15) is 17.2 Å². The van der Waals surface area contributed by atoms with Crippen LogP contribution in [0.3, 0.4) is 0 Å². The molecule has 0 radical (unpaired) electrons. The lowest BCUT2D eigenvalue weighted by Gasteiger charge is -2.25. The lowest BCUT2D eigenvalue weighted by atomic mass is 9.95. The van der Waals surface area contributed by atoms with Gasteiger partial charge in [-0.3, -0.25) is 0 Å². The van der Waals surface area contributed by atoms with E-state index in [2.05, 4.69) is 4.98 Å².